The van der Waals surface area contributed by atoms with Crippen LogP contribution < -0.4 is 10.6 Å². The Morgan fingerprint density at radius 2 is 1.32 bits per heavy atom. The van der Waals surface area contributed by atoms with Crippen LogP contribution in [-0.4, -0.2) is 35.7 Å². The van der Waals surface area contributed by atoms with E-state index in [4.69, 9.17) is 23.2 Å². The maximum atomic E-state index is 13.1. The fourth-order valence-corrected chi connectivity index (χ4v) is 4.13. The molecule has 4 rings (SSSR count). The normalized spacial score (nSPS) is 15.5. The zero-order valence-corrected chi connectivity index (χ0v) is 19.8. The maximum absolute atomic E-state index is 13.1. The van der Waals surface area contributed by atoms with E-state index in [1.165, 1.54) is 0 Å². The molecule has 174 valence electrons. The molecule has 0 radical (unpaired) electrons. The van der Waals surface area contributed by atoms with Crippen LogP contribution in [-0.2, 0) is 4.79 Å². The SMILES string of the molecule is O=C(Nc1ccccc1NC(=O)C1CCCN(C(=O)c2ccc(Cl)cc2)C1)c1ccc(Cl)cc1. The predicted molar refractivity (Wildman–Crippen MR) is 135 cm³/mol. The van der Waals surface area contributed by atoms with E-state index in [2.05, 4.69) is 10.6 Å². The van der Waals surface area contributed by atoms with Gasteiger partial charge in [-0.25, -0.2) is 0 Å². The third-order valence-electron chi connectivity index (χ3n) is 5.71. The molecule has 3 aromatic rings. The largest absolute Gasteiger partial charge is 0.338 e. The molecule has 1 aliphatic rings. The van der Waals surface area contributed by atoms with Crippen LogP contribution in [0.25, 0.3) is 0 Å². The second-order valence-electron chi connectivity index (χ2n) is 8.09. The second-order valence-corrected chi connectivity index (χ2v) is 8.97. The molecule has 0 saturated carbocycles. The molecule has 0 aliphatic carbocycles. The molecule has 8 heteroatoms. The Morgan fingerprint density at radius 3 is 1.94 bits per heavy atom. The molecule has 1 heterocycles. The molecule has 0 aromatic heterocycles. The minimum atomic E-state index is -0.356. The van der Waals surface area contributed by atoms with E-state index >= 15 is 0 Å². The number of para-hydroxylation sites is 2. The highest BCUT2D eigenvalue weighted by Crippen LogP contribution is 2.25. The Balaban J connectivity index is 1.42. The number of nitrogens with one attached hydrogen (secondary N) is 2. The zero-order valence-electron chi connectivity index (χ0n) is 18.3. The number of carbonyl (C=O) groups is 3. The molecular formula is C26H23Cl2N3O3. The van der Waals surface area contributed by atoms with E-state index in [1.807, 2.05) is 0 Å². The van der Waals surface area contributed by atoms with Gasteiger partial charge in [0.2, 0.25) is 5.91 Å². The van der Waals surface area contributed by atoms with Gasteiger partial charge in [0.1, 0.15) is 0 Å². The molecule has 6 nitrogen and oxygen atoms in total. The highest BCUT2D eigenvalue weighted by molar-refractivity contribution is 6.31. The van der Waals surface area contributed by atoms with Gasteiger partial charge in [-0.2, -0.15) is 0 Å². The van der Waals surface area contributed by atoms with Gasteiger partial charge in [0.25, 0.3) is 11.8 Å². The quantitative estimate of drug-likeness (QED) is 0.473. The van der Waals surface area contributed by atoms with Crippen LogP contribution in [0.4, 0.5) is 11.4 Å². The number of halogens is 2. The van der Waals surface area contributed by atoms with Crippen LogP contribution in [0, 0.1) is 5.92 Å². The Kier molecular flexibility index (Phi) is 7.50. The topological polar surface area (TPSA) is 78.5 Å². The van der Waals surface area contributed by atoms with Gasteiger partial charge < -0.3 is 15.5 Å². The number of likely N-dealkylation sites (tertiary alicyclic amines) is 1. The van der Waals surface area contributed by atoms with Crippen LogP contribution in [0.3, 0.4) is 0 Å². The average molecular weight is 496 g/mol. The summed E-state index contributed by atoms with van der Waals surface area (Å²) in [5.41, 5.74) is 1.98. The monoisotopic (exact) mass is 495 g/mol. The van der Waals surface area contributed by atoms with Crippen molar-refractivity contribution in [2.45, 2.75) is 12.8 Å². The minimum absolute atomic E-state index is 0.121. The molecule has 2 N–H and O–H groups in total. The summed E-state index contributed by atoms with van der Waals surface area (Å²) >= 11 is 11.8. The number of anilines is 2. The number of hydrogen-bond acceptors (Lipinski definition) is 3. The first-order valence-corrected chi connectivity index (χ1v) is 11.7. The third-order valence-corrected chi connectivity index (χ3v) is 6.21. The van der Waals surface area contributed by atoms with Gasteiger partial charge in [-0.05, 0) is 73.5 Å². The summed E-state index contributed by atoms with van der Waals surface area (Å²) in [6, 6.07) is 20.3. The first-order chi connectivity index (χ1) is 16.4. The van der Waals surface area contributed by atoms with Crippen molar-refractivity contribution >= 4 is 52.3 Å². The standard InChI is InChI=1S/C26H23Cl2N3O3/c27-20-11-7-17(8-12-20)24(32)29-22-5-1-2-6-23(22)30-25(33)19-4-3-15-31(16-19)26(34)18-9-13-21(28)14-10-18/h1-2,5-14,19H,3-4,15-16H2,(H,29,32)(H,30,33). The molecule has 1 saturated heterocycles. The fourth-order valence-electron chi connectivity index (χ4n) is 3.88. The van der Waals surface area contributed by atoms with Crippen molar-refractivity contribution in [2.75, 3.05) is 23.7 Å². The van der Waals surface area contributed by atoms with Crippen molar-refractivity contribution in [2.24, 2.45) is 5.92 Å². The smallest absolute Gasteiger partial charge is 0.255 e. The number of rotatable bonds is 5. The summed E-state index contributed by atoms with van der Waals surface area (Å²) < 4.78 is 0. The van der Waals surface area contributed by atoms with Gasteiger partial charge in [-0.15, -0.1) is 0 Å². The number of carbonyl (C=O) groups excluding carboxylic acids is 3. The predicted octanol–water partition coefficient (Wildman–Crippen LogP) is 5.74. The zero-order chi connectivity index (χ0) is 24.1. The lowest BCUT2D eigenvalue weighted by Crippen LogP contribution is -2.43. The molecule has 1 unspecified atom stereocenters. The second kappa shape index (κ2) is 10.7. The number of nitrogens with zero attached hydrogens (tertiary/aromatic N) is 1. The van der Waals surface area contributed by atoms with Crippen molar-refractivity contribution in [1.82, 2.24) is 4.90 Å². The molecule has 3 amide bonds. The van der Waals surface area contributed by atoms with E-state index in [1.54, 1.807) is 77.7 Å². The van der Waals surface area contributed by atoms with Gasteiger partial charge >= 0.3 is 0 Å². The van der Waals surface area contributed by atoms with Gasteiger partial charge in [-0.1, -0.05) is 35.3 Å². The molecule has 1 atom stereocenters. The van der Waals surface area contributed by atoms with Crippen molar-refractivity contribution < 1.29 is 14.4 Å². The van der Waals surface area contributed by atoms with E-state index in [0.717, 1.165) is 6.42 Å². The van der Waals surface area contributed by atoms with E-state index in [-0.39, 0.29) is 23.6 Å². The Hall–Kier alpha value is -3.35. The Labute approximate surface area is 207 Å². The number of hydrogen-bond donors (Lipinski definition) is 2. The first kappa shape index (κ1) is 23.8. The average Bonchev–Trinajstić information content (AvgIpc) is 2.85. The van der Waals surface area contributed by atoms with Crippen molar-refractivity contribution in [3.63, 3.8) is 0 Å². The van der Waals surface area contributed by atoms with Crippen LogP contribution in [0.1, 0.15) is 33.6 Å². The molecule has 1 fully saturated rings. The van der Waals surface area contributed by atoms with Crippen LogP contribution >= 0.6 is 23.2 Å². The lowest BCUT2D eigenvalue weighted by atomic mass is 9.96. The summed E-state index contributed by atoms with van der Waals surface area (Å²) in [6.45, 7) is 0.922. The molecule has 34 heavy (non-hydrogen) atoms. The highest BCUT2D eigenvalue weighted by Gasteiger charge is 2.29. The van der Waals surface area contributed by atoms with Crippen molar-refractivity contribution in [3.8, 4) is 0 Å². The summed E-state index contributed by atoms with van der Waals surface area (Å²) in [5, 5.41) is 6.86. The van der Waals surface area contributed by atoms with Crippen LogP contribution in [0.15, 0.2) is 72.8 Å². The highest BCUT2D eigenvalue weighted by atomic mass is 35.5. The third kappa shape index (κ3) is 5.76. The first-order valence-electron chi connectivity index (χ1n) is 10.9. The summed E-state index contributed by atoms with van der Waals surface area (Å²) in [5.74, 6) is -0.979. The van der Waals surface area contributed by atoms with Crippen molar-refractivity contribution in [3.05, 3.63) is 94.0 Å². The maximum Gasteiger partial charge on any atom is 0.255 e. The van der Waals surface area contributed by atoms with Gasteiger partial charge in [-0.3, -0.25) is 14.4 Å². The number of benzene rings is 3. The van der Waals surface area contributed by atoms with E-state index in [9.17, 15) is 14.4 Å². The fraction of sp³-hybridized carbons (Fsp3) is 0.192. The summed E-state index contributed by atoms with van der Waals surface area (Å²) in [7, 11) is 0. The van der Waals surface area contributed by atoms with Crippen LogP contribution in [0.5, 0.6) is 0 Å². The number of amides is 3. The van der Waals surface area contributed by atoms with Crippen LogP contribution in [0.2, 0.25) is 10.0 Å². The van der Waals surface area contributed by atoms with E-state index in [0.29, 0.717) is 52.1 Å². The molecule has 0 bridgehead atoms. The van der Waals surface area contributed by atoms with Gasteiger partial charge in [0, 0.05) is 34.3 Å². The number of piperidine rings is 1. The molecular weight excluding hydrogens is 473 g/mol. The van der Waals surface area contributed by atoms with Gasteiger partial charge in [0.15, 0.2) is 0 Å². The molecule has 0 spiro atoms. The summed E-state index contributed by atoms with van der Waals surface area (Å²) in [6.07, 6.45) is 1.40. The van der Waals surface area contributed by atoms with Crippen molar-refractivity contribution in [1.29, 1.82) is 0 Å². The lowest BCUT2D eigenvalue weighted by Gasteiger charge is -2.32. The molecule has 3 aromatic carbocycles. The molecule has 1 aliphatic heterocycles. The Bertz CT molecular complexity index is 1200. The minimum Gasteiger partial charge on any atom is -0.338 e. The summed E-state index contributed by atoms with van der Waals surface area (Å²) in [4.78, 5) is 40.3. The lowest BCUT2D eigenvalue weighted by molar-refractivity contribution is -0.121. The van der Waals surface area contributed by atoms with Gasteiger partial charge in [0.05, 0.1) is 17.3 Å². The Morgan fingerprint density at radius 1 is 0.765 bits per heavy atom. The van der Waals surface area contributed by atoms with E-state index < -0.39 is 0 Å².